The lowest BCUT2D eigenvalue weighted by Gasteiger charge is -2.05. The van der Waals surface area contributed by atoms with Crippen molar-refractivity contribution in [2.45, 2.75) is 19.8 Å². The summed E-state index contributed by atoms with van der Waals surface area (Å²) in [5.74, 6) is 0. The Morgan fingerprint density at radius 2 is 2.55 bits per heavy atom. The molecule has 0 radical (unpaired) electrons. The van der Waals surface area contributed by atoms with E-state index in [1.165, 1.54) is 5.70 Å². The first-order chi connectivity index (χ1) is 5.43. The van der Waals surface area contributed by atoms with Gasteiger partial charge < -0.3 is 5.32 Å². The lowest BCUT2D eigenvalue weighted by Crippen LogP contribution is -2.13. The maximum absolute atomic E-state index is 4.01. The van der Waals surface area contributed by atoms with E-state index in [9.17, 15) is 0 Å². The second kappa shape index (κ2) is 4.72. The van der Waals surface area contributed by atoms with Crippen molar-refractivity contribution in [2.24, 2.45) is 4.99 Å². The molecular weight excluding hydrogens is 136 g/mol. The molecular formula is C9H14N2. The lowest BCUT2D eigenvalue weighted by atomic mass is 10.3. The summed E-state index contributed by atoms with van der Waals surface area (Å²) in [5, 5.41) is 3.33. The van der Waals surface area contributed by atoms with E-state index >= 15 is 0 Å². The highest BCUT2D eigenvalue weighted by molar-refractivity contribution is 5.73. The molecule has 1 rings (SSSR count). The van der Waals surface area contributed by atoms with Crippen LogP contribution in [0.2, 0.25) is 0 Å². The van der Waals surface area contributed by atoms with Crippen LogP contribution in [0, 0.1) is 0 Å². The van der Waals surface area contributed by atoms with E-state index in [0.717, 1.165) is 19.4 Å². The SMILES string of the molecule is CCCNC1=CC=NC=CC1. The lowest BCUT2D eigenvalue weighted by molar-refractivity contribution is 0.755. The van der Waals surface area contributed by atoms with Crippen molar-refractivity contribution in [2.75, 3.05) is 6.54 Å². The van der Waals surface area contributed by atoms with Crippen LogP contribution in [-0.4, -0.2) is 12.8 Å². The standard InChI is InChI=1S/C9H14N2/c1-2-6-11-9-4-3-7-10-8-5-9/h3,5,7-8,11H,2,4,6H2,1H3. The molecule has 0 saturated carbocycles. The first-order valence-corrected chi connectivity index (χ1v) is 4.04. The van der Waals surface area contributed by atoms with Gasteiger partial charge in [-0.3, -0.25) is 4.99 Å². The fraction of sp³-hybridized carbons (Fsp3) is 0.444. The molecule has 0 unspecified atom stereocenters. The molecule has 60 valence electrons. The summed E-state index contributed by atoms with van der Waals surface area (Å²) in [7, 11) is 0. The number of aliphatic imine (C=N–C) groups is 1. The smallest absolute Gasteiger partial charge is 0.0284 e. The van der Waals surface area contributed by atoms with Gasteiger partial charge in [-0.05, 0) is 12.5 Å². The van der Waals surface area contributed by atoms with Gasteiger partial charge in [0.25, 0.3) is 0 Å². The van der Waals surface area contributed by atoms with Crippen molar-refractivity contribution in [3.63, 3.8) is 0 Å². The number of nitrogens with zero attached hydrogens (tertiary/aromatic N) is 1. The average Bonchev–Trinajstić information content (AvgIpc) is 2.28. The largest absolute Gasteiger partial charge is 0.388 e. The van der Waals surface area contributed by atoms with Gasteiger partial charge in [0, 0.05) is 31.1 Å². The molecule has 0 amide bonds. The Morgan fingerprint density at radius 1 is 1.64 bits per heavy atom. The van der Waals surface area contributed by atoms with E-state index in [1.807, 2.05) is 18.5 Å². The molecule has 0 bridgehead atoms. The van der Waals surface area contributed by atoms with Gasteiger partial charge in [0.2, 0.25) is 0 Å². The number of hydrogen-bond acceptors (Lipinski definition) is 2. The molecule has 0 aliphatic carbocycles. The topological polar surface area (TPSA) is 24.4 Å². The number of nitrogens with one attached hydrogen (secondary N) is 1. The van der Waals surface area contributed by atoms with Crippen LogP contribution in [0.5, 0.6) is 0 Å². The first kappa shape index (κ1) is 8.05. The summed E-state index contributed by atoms with van der Waals surface area (Å²) >= 11 is 0. The highest BCUT2D eigenvalue weighted by Gasteiger charge is 1.92. The summed E-state index contributed by atoms with van der Waals surface area (Å²) in [5.41, 5.74) is 1.25. The second-order valence-electron chi connectivity index (χ2n) is 2.51. The Balaban J connectivity index is 2.38. The highest BCUT2D eigenvalue weighted by atomic mass is 14.9. The third kappa shape index (κ3) is 3.03. The summed E-state index contributed by atoms with van der Waals surface area (Å²) in [6, 6.07) is 0. The van der Waals surface area contributed by atoms with Crippen LogP contribution in [-0.2, 0) is 0 Å². The van der Waals surface area contributed by atoms with Gasteiger partial charge in [-0.1, -0.05) is 13.0 Å². The maximum atomic E-state index is 4.01. The third-order valence-corrected chi connectivity index (χ3v) is 1.49. The molecule has 1 aliphatic rings. The average molecular weight is 150 g/mol. The zero-order chi connectivity index (χ0) is 7.94. The first-order valence-electron chi connectivity index (χ1n) is 4.04. The fourth-order valence-corrected chi connectivity index (χ4v) is 0.908. The van der Waals surface area contributed by atoms with Gasteiger partial charge in [-0.2, -0.15) is 0 Å². The Bertz CT molecular complexity index is 190. The van der Waals surface area contributed by atoms with Crippen LogP contribution in [0.25, 0.3) is 0 Å². The van der Waals surface area contributed by atoms with Crippen molar-refractivity contribution >= 4 is 6.21 Å². The minimum Gasteiger partial charge on any atom is -0.388 e. The van der Waals surface area contributed by atoms with Crippen LogP contribution in [0.4, 0.5) is 0 Å². The molecule has 0 saturated heterocycles. The van der Waals surface area contributed by atoms with Crippen LogP contribution < -0.4 is 5.32 Å². The molecule has 1 aliphatic heterocycles. The van der Waals surface area contributed by atoms with Crippen molar-refractivity contribution in [1.82, 2.24) is 5.32 Å². The number of rotatable bonds is 3. The monoisotopic (exact) mass is 150 g/mol. The minimum absolute atomic E-state index is 0.972. The van der Waals surface area contributed by atoms with E-state index in [2.05, 4.69) is 23.3 Å². The molecule has 0 aromatic rings. The van der Waals surface area contributed by atoms with E-state index in [4.69, 9.17) is 0 Å². The molecule has 0 aromatic heterocycles. The predicted molar refractivity (Wildman–Crippen MR) is 48.6 cm³/mol. The van der Waals surface area contributed by atoms with Gasteiger partial charge in [0.1, 0.15) is 0 Å². The van der Waals surface area contributed by atoms with Crippen molar-refractivity contribution < 1.29 is 0 Å². The van der Waals surface area contributed by atoms with Gasteiger partial charge >= 0.3 is 0 Å². The second-order valence-corrected chi connectivity index (χ2v) is 2.51. The molecule has 11 heavy (non-hydrogen) atoms. The molecule has 1 heterocycles. The maximum Gasteiger partial charge on any atom is 0.0284 e. The van der Waals surface area contributed by atoms with Gasteiger partial charge in [0.15, 0.2) is 0 Å². The van der Waals surface area contributed by atoms with Crippen molar-refractivity contribution in [3.05, 3.63) is 24.0 Å². The van der Waals surface area contributed by atoms with Gasteiger partial charge in [-0.25, -0.2) is 0 Å². The normalized spacial score (nSPS) is 15.9. The molecule has 1 N–H and O–H groups in total. The molecule has 0 atom stereocenters. The summed E-state index contributed by atoms with van der Waals surface area (Å²) in [6.45, 7) is 3.21. The van der Waals surface area contributed by atoms with E-state index in [1.54, 1.807) is 0 Å². The zero-order valence-electron chi connectivity index (χ0n) is 6.88. The van der Waals surface area contributed by atoms with Crippen LogP contribution in [0.15, 0.2) is 29.0 Å². The highest BCUT2D eigenvalue weighted by Crippen LogP contribution is 2.00. The van der Waals surface area contributed by atoms with E-state index < -0.39 is 0 Å². The van der Waals surface area contributed by atoms with Crippen molar-refractivity contribution in [1.29, 1.82) is 0 Å². The molecule has 0 fully saturated rings. The zero-order valence-corrected chi connectivity index (χ0v) is 6.88. The fourth-order valence-electron chi connectivity index (χ4n) is 0.908. The van der Waals surface area contributed by atoms with Crippen LogP contribution >= 0.6 is 0 Å². The predicted octanol–water partition coefficient (Wildman–Crippen LogP) is 1.86. The molecule has 0 aromatic carbocycles. The summed E-state index contributed by atoms with van der Waals surface area (Å²) in [6.07, 6.45) is 9.87. The Labute approximate surface area is 67.7 Å². The number of hydrogen-bond donors (Lipinski definition) is 1. The Hall–Kier alpha value is -1.05. The molecule has 0 spiro atoms. The molecule has 2 nitrogen and oxygen atoms in total. The van der Waals surface area contributed by atoms with Crippen molar-refractivity contribution in [3.8, 4) is 0 Å². The Kier molecular flexibility index (Phi) is 3.45. The van der Waals surface area contributed by atoms with E-state index in [-0.39, 0.29) is 0 Å². The Morgan fingerprint density at radius 3 is 3.36 bits per heavy atom. The van der Waals surface area contributed by atoms with Gasteiger partial charge in [-0.15, -0.1) is 0 Å². The third-order valence-electron chi connectivity index (χ3n) is 1.49. The van der Waals surface area contributed by atoms with E-state index in [0.29, 0.717) is 0 Å². The molecule has 2 heteroatoms. The summed E-state index contributed by atoms with van der Waals surface area (Å²) in [4.78, 5) is 4.01. The van der Waals surface area contributed by atoms with Crippen LogP contribution in [0.1, 0.15) is 19.8 Å². The van der Waals surface area contributed by atoms with Gasteiger partial charge in [0.05, 0.1) is 0 Å². The van der Waals surface area contributed by atoms with Crippen LogP contribution in [0.3, 0.4) is 0 Å². The quantitative estimate of drug-likeness (QED) is 0.652. The minimum atomic E-state index is 0.972. The summed E-state index contributed by atoms with van der Waals surface area (Å²) < 4.78 is 0. The number of allylic oxidation sites excluding steroid dienone is 2.